The summed E-state index contributed by atoms with van der Waals surface area (Å²) in [6.07, 6.45) is 2.94. The first-order chi connectivity index (χ1) is 9.88. The minimum atomic E-state index is -0.379. The van der Waals surface area contributed by atoms with Crippen molar-refractivity contribution in [3.8, 4) is 10.6 Å². The highest BCUT2D eigenvalue weighted by Gasteiger charge is 2.20. The van der Waals surface area contributed by atoms with Crippen molar-refractivity contribution >= 4 is 38.4 Å². The summed E-state index contributed by atoms with van der Waals surface area (Å²) < 4.78 is 6.09. The summed E-state index contributed by atoms with van der Waals surface area (Å²) in [7, 11) is 1.69. The van der Waals surface area contributed by atoms with Gasteiger partial charge in [-0.1, -0.05) is 11.3 Å². The first kappa shape index (κ1) is 15.9. The first-order valence-electron chi connectivity index (χ1n) is 6.41. The van der Waals surface area contributed by atoms with Gasteiger partial charge in [0.1, 0.15) is 10.0 Å². The Morgan fingerprint density at radius 1 is 1.43 bits per heavy atom. The summed E-state index contributed by atoms with van der Waals surface area (Å²) in [5.41, 5.74) is 1.70. The minimum Gasteiger partial charge on any atom is -0.446 e. The number of ether oxygens (including phenoxy) is 1. The molecular weight excluding hydrogens is 354 g/mol. The second kappa shape index (κ2) is 6.53. The van der Waals surface area contributed by atoms with Crippen molar-refractivity contribution in [2.75, 3.05) is 11.9 Å². The van der Waals surface area contributed by atoms with Crippen LogP contribution in [0.5, 0.6) is 0 Å². The van der Waals surface area contributed by atoms with Crippen LogP contribution in [0.3, 0.4) is 0 Å². The van der Waals surface area contributed by atoms with E-state index in [1.54, 1.807) is 19.4 Å². The van der Waals surface area contributed by atoms with Gasteiger partial charge in [-0.05, 0) is 42.8 Å². The quantitative estimate of drug-likeness (QED) is 0.810. The number of pyridine rings is 1. The summed E-state index contributed by atoms with van der Waals surface area (Å²) in [5.74, 6) is 0. The van der Waals surface area contributed by atoms with Crippen LogP contribution in [-0.2, 0) is 4.74 Å². The molecule has 0 fully saturated rings. The Bertz CT molecular complexity index is 657. The van der Waals surface area contributed by atoms with Gasteiger partial charge in [0.25, 0.3) is 0 Å². The third-order valence-corrected chi connectivity index (χ3v) is 4.36. The molecule has 5 nitrogen and oxygen atoms in total. The summed E-state index contributed by atoms with van der Waals surface area (Å²) in [6, 6.07) is 1.95. The Hall–Kier alpha value is -1.47. The maximum atomic E-state index is 12.0. The highest BCUT2D eigenvalue weighted by atomic mass is 79.9. The van der Waals surface area contributed by atoms with Gasteiger partial charge in [-0.3, -0.25) is 9.88 Å². The van der Waals surface area contributed by atoms with Crippen LogP contribution in [0, 0.1) is 6.92 Å². The number of carbonyl (C=O) groups is 1. The lowest BCUT2D eigenvalue weighted by atomic mass is 10.3. The molecule has 2 heterocycles. The summed E-state index contributed by atoms with van der Waals surface area (Å²) in [5, 5.41) is 1.59. The lowest BCUT2D eigenvalue weighted by Gasteiger charge is -2.17. The van der Waals surface area contributed by atoms with E-state index in [1.807, 2.05) is 26.8 Å². The SMILES string of the molecule is Cc1nc(-c2cncc(Br)c2)sc1N(C)C(=O)OC(C)C. The lowest BCUT2D eigenvalue weighted by Crippen LogP contribution is -2.29. The fourth-order valence-corrected chi connectivity index (χ4v) is 3.08. The highest BCUT2D eigenvalue weighted by molar-refractivity contribution is 9.10. The van der Waals surface area contributed by atoms with Gasteiger partial charge < -0.3 is 4.74 Å². The molecule has 0 radical (unpaired) electrons. The van der Waals surface area contributed by atoms with Crippen molar-refractivity contribution in [3.05, 3.63) is 28.6 Å². The van der Waals surface area contributed by atoms with Crippen LogP contribution in [-0.4, -0.2) is 29.2 Å². The zero-order valence-electron chi connectivity index (χ0n) is 12.3. The van der Waals surface area contributed by atoms with Gasteiger partial charge in [0.15, 0.2) is 0 Å². The van der Waals surface area contributed by atoms with E-state index in [2.05, 4.69) is 25.9 Å². The van der Waals surface area contributed by atoms with Crippen LogP contribution in [0.2, 0.25) is 0 Å². The molecule has 2 rings (SSSR count). The molecule has 21 heavy (non-hydrogen) atoms. The third-order valence-electron chi connectivity index (χ3n) is 2.64. The first-order valence-corrected chi connectivity index (χ1v) is 8.02. The Kier molecular flexibility index (Phi) is 4.95. The molecule has 0 spiro atoms. The molecule has 0 atom stereocenters. The average Bonchev–Trinajstić information content (AvgIpc) is 2.79. The molecule has 0 unspecified atom stereocenters. The second-order valence-corrected chi connectivity index (χ2v) is 6.69. The standard InChI is InChI=1S/C14H16BrN3O2S/c1-8(2)20-14(19)18(4)13-9(3)17-12(21-13)10-5-11(15)7-16-6-10/h5-8H,1-4H3. The van der Waals surface area contributed by atoms with E-state index in [0.717, 1.165) is 25.7 Å². The zero-order valence-corrected chi connectivity index (χ0v) is 14.7. The maximum Gasteiger partial charge on any atom is 0.414 e. The number of halogens is 1. The lowest BCUT2D eigenvalue weighted by molar-refractivity contribution is 0.124. The Morgan fingerprint density at radius 2 is 2.14 bits per heavy atom. The fourth-order valence-electron chi connectivity index (χ4n) is 1.72. The van der Waals surface area contributed by atoms with Crippen molar-refractivity contribution < 1.29 is 9.53 Å². The third kappa shape index (κ3) is 3.79. The molecule has 2 aromatic heterocycles. The summed E-state index contributed by atoms with van der Waals surface area (Å²) >= 11 is 4.83. The molecule has 0 bridgehead atoms. The molecule has 2 aromatic rings. The van der Waals surface area contributed by atoms with Crippen molar-refractivity contribution in [2.45, 2.75) is 26.9 Å². The molecular formula is C14H16BrN3O2S. The highest BCUT2D eigenvalue weighted by Crippen LogP contribution is 2.34. The predicted molar refractivity (Wildman–Crippen MR) is 87.8 cm³/mol. The van der Waals surface area contributed by atoms with Crippen molar-refractivity contribution in [1.29, 1.82) is 0 Å². The Morgan fingerprint density at radius 3 is 2.76 bits per heavy atom. The van der Waals surface area contributed by atoms with Crippen LogP contribution in [0.15, 0.2) is 22.9 Å². The van der Waals surface area contributed by atoms with Gasteiger partial charge in [-0.2, -0.15) is 0 Å². The van der Waals surface area contributed by atoms with E-state index in [-0.39, 0.29) is 12.2 Å². The number of rotatable bonds is 3. The van der Waals surface area contributed by atoms with E-state index in [1.165, 1.54) is 16.2 Å². The molecule has 7 heteroatoms. The fraction of sp³-hybridized carbons (Fsp3) is 0.357. The van der Waals surface area contributed by atoms with E-state index < -0.39 is 0 Å². The number of thiazole rings is 1. The molecule has 0 N–H and O–H groups in total. The van der Waals surface area contributed by atoms with Crippen LogP contribution in [0.4, 0.5) is 9.80 Å². The molecule has 0 aliphatic carbocycles. The van der Waals surface area contributed by atoms with Crippen molar-refractivity contribution in [3.63, 3.8) is 0 Å². The Balaban J connectivity index is 2.29. The molecule has 0 aromatic carbocycles. The minimum absolute atomic E-state index is 0.151. The number of aryl methyl sites for hydroxylation is 1. The summed E-state index contributed by atoms with van der Waals surface area (Å²) in [4.78, 5) is 22.1. The topological polar surface area (TPSA) is 55.3 Å². The number of amides is 1. The number of carbonyl (C=O) groups excluding carboxylic acids is 1. The number of anilines is 1. The molecule has 0 aliphatic rings. The average molecular weight is 370 g/mol. The molecule has 0 aliphatic heterocycles. The van der Waals surface area contributed by atoms with Gasteiger partial charge in [0.2, 0.25) is 0 Å². The van der Waals surface area contributed by atoms with Gasteiger partial charge in [-0.25, -0.2) is 9.78 Å². The number of hydrogen-bond acceptors (Lipinski definition) is 5. The molecule has 0 saturated heterocycles. The predicted octanol–water partition coefficient (Wildman–Crippen LogP) is 4.26. The largest absolute Gasteiger partial charge is 0.446 e. The van der Waals surface area contributed by atoms with Gasteiger partial charge in [-0.15, -0.1) is 0 Å². The van der Waals surface area contributed by atoms with Crippen LogP contribution in [0.1, 0.15) is 19.5 Å². The van der Waals surface area contributed by atoms with Crippen LogP contribution < -0.4 is 4.90 Å². The van der Waals surface area contributed by atoms with Crippen molar-refractivity contribution in [2.24, 2.45) is 0 Å². The molecule has 1 amide bonds. The van der Waals surface area contributed by atoms with Crippen molar-refractivity contribution in [1.82, 2.24) is 9.97 Å². The normalized spacial score (nSPS) is 10.8. The van der Waals surface area contributed by atoms with Crippen LogP contribution in [0.25, 0.3) is 10.6 Å². The van der Waals surface area contributed by atoms with Crippen LogP contribution >= 0.6 is 27.3 Å². The smallest absolute Gasteiger partial charge is 0.414 e. The van der Waals surface area contributed by atoms with Gasteiger partial charge in [0, 0.05) is 29.5 Å². The van der Waals surface area contributed by atoms with Gasteiger partial charge in [0.05, 0.1) is 11.8 Å². The maximum absolute atomic E-state index is 12.0. The number of hydrogen-bond donors (Lipinski definition) is 0. The monoisotopic (exact) mass is 369 g/mol. The zero-order chi connectivity index (χ0) is 15.6. The molecule has 0 saturated carbocycles. The second-order valence-electron chi connectivity index (χ2n) is 4.79. The van der Waals surface area contributed by atoms with E-state index in [4.69, 9.17) is 4.74 Å². The van der Waals surface area contributed by atoms with E-state index >= 15 is 0 Å². The summed E-state index contributed by atoms with van der Waals surface area (Å²) in [6.45, 7) is 5.52. The van der Waals surface area contributed by atoms with E-state index in [0.29, 0.717) is 0 Å². The number of aromatic nitrogens is 2. The molecule has 112 valence electrons. The van der Waals surface area contributed by atoms with E-state index in [9.17, 15) is 4.79 Å². The number of nitrogens with zero attached hydrogens (tertiary/aromatic N) is 3. The Labute approximate surface area is 136 Å². The van der Waals surface area contributed by atoms with Gasteiger partial charge >= 0.3 is 6.09 Å².